The van der Waals surface area contributed by atoms with Crippen LogP contribution in [0.5, 0.6) is 0 Å². The van der Waals surface area contributed by atoms with E-state index in [0.29, 0.717) is 0 Å². The van der Waals surface area contributed by atoms with Crippen LogP contribution in [0.2, 0.25) is 0 Å². The first-order valence-corrected chi connectivity index (χ1v) is 5.14. The summed E-state index contributed by atoms with van der Waals surface area (Å²) in [5, 5.41) is 0. The molecule has 0 aromatic carbocycles. The molecule has 14 heavy (non-hydrogen) atoms. The van der Waals surface area contributed by atoms with Crippen molar-refractivity contribution in [3.8, 4) is 0 Å². The van der Waals surface area contributed by atoms with Gasteiger partial charge >= 0.3 is 6.16 Å². The second-order valence-corrected chi connectivity index (χ2v) is 4.68. The molecule has 0 fully saturated rings. The molecule has 84 valence electrons. The van der Waals surface area contributed by atoms with Gasteiger partial charge in [0.2, 0.25) is 0 Å². The monoisotopic (exact) mass is 202 g/mol. The molecule has 0 N–H and O–H groups in total. The number of rotatable bonds is 4. The smallest absolute Gasteiger partial charge is 0.428 e. The van der Waals surface area contributed by atoms with Crippen molar-refractivity contribution < 1.29 is 14.3 Å². The molecule has 0 aromatic rings. The van der Waals surface area contributed by atoms with Gasteiger partial charge in [-0.25, -0.2) is 4.79 Å². The molecule has 3 nitrogen and oxygen atoms in total. The summed E-state index contributed by atoms with van der Waals surface area (Å²) in [5.41, 5.74) is -0.887. The summed E-state index contributed by atoms with van der Waals surface area (Å²) in [5.74, 6) is 0. The van der Waals surface area contributed by atoms with Crippen LogP contribution < -0.4 is 0 Å². The largest absolute Gasteiger partial charge is 0.509 e. The van der Waals surface area contributed by atoms with Crippen LogP contribution in [0.3, 0.4) is 0 Å². The van der Waals surface area contributed by atoms with Gasteiger partial charge in [0.15, 0.2) is 0 Å². The highest BCUT2D eigenvalue weighted by atomic mass is 16.7. The molecule has 0 saturated heterocycles. The van der Waals surface area contributed by atoms with Gasteiger partial charge in [0, 0.05) is 0 Å². The molecule has 0 rings (SSSR count). The standard InChI is InChI=1S/C11H22O3/c1-7-10(3,4)13-9(12)14-11(5,6)8-2/h7-8H2,1-6H3. The van der Waals surface area contributed by atoms with Crippen molar-refractivity contribution in [3.63, 3.8) is 0 Å². The lowest BCUT2D eigenvalue weighted by Crippen LogP contribution is -2.33. The molecular formula is C11H22O3. The van der Waals surface area contributed by atoms with Crippen LogP contribution in [0.25, 0.3) is 0 Å². The van der Waals surface area contributed by atoms with Crippen LogP contribution in [0.4, 0.5) is 4.79 Å². The van der Waals surface area contributed by atoms with Crippen LogP contribution in [-0.2, 0) is 9.47 Å². The van der Waals surface area contributed by atoms with Crippen molar-refractivity contribution >= 4 is 6.16 Å². The summed E-state index contributed by atoms with van der Waals surface area (Å²) in [6, 6.07) is 0. The molecule has 0 bridgehead atoms. The first-order valence-electron chi connectivity index (χ1n) is 5.14. The third-order valence-electron chi connectivity index (χ3n) is 2.42. The normalized spacial score (nSPS) is 12.4. The molecule has 0 amide bonds. The van der Waals surface area contributed by atoms with E-state index in [-0.39, 0.29) is 0 Å². The van der Waals surface area contributed by atoms with Crippen LogP contribution >= 0.6 is 0 Å². The van der Waals surface area contributed by atoms with E-state index in [1.807, 2.05) is 41.5 Å². The zero-order chi connectivity index (χ0) is 11.4. The van der Waals surface area contributed by atoms with Crippen LogP contribution in [0, 0.1) is 0 Å². The van der Waals surface area contributed by atoms with Crippen LogP contribution in [0.15, 0.2) is 0 Å². The van der Waals surface area contributed by atoms with E-state index in [0.717, 1.165) is 12.8 Å². The third kappa shape index (κ3) is 5.10. The Balaban J connectivity index is 4.12. The number of hydrogen-bond donors (Lipinski definition) is 0. The Hall–Kier alpha value is -0.730. The summed E-state index contributed by atoms with van der Waals surface area (Å²) in [4.78, 5) is 11.3. The second-order valence-electron chi connectivity index (χ2n) is 4.68. The third-order valence-corrected chi connectivity index (χ3v) is 2.42. The fraction of sp³-hybridized carbons (Fsp3) is 0.909. The SMILES string of the molecule is CCC(C)(C)OC(=O)OC(C)(C)CC. The van der Waals surface area contributed by atoms with Crippen molar-refractivity contribution in [1.29, 1.82) is 0 Å². The summed E-state index contributed by atoms with van der Waals surface area (Å²) in [7, 11) is 0. The topological polar surface area (TPSA) is 35.5 Å². The van der Waals surface area contributed by atoms with Gasteiger partial charge in [0.25, 0.3) is 0 Å². The van der Waals surface area contributed by atoms with E-state index in [1.165, 1.54) is 0 Å². The first-order chi connectivity index (χ1) is 6.22. The lowest BCUT2D eigenvalue weighted by Gasteiger charge is -2.27. The molecule has 0 aromatic heterocycles. The van der Waals surface area contributed by atoms with Crippen molar-refractivity contribution in [2.45, 2.75) is 65.6 Å². The Morgan fingerprint density at radius 2 is 1.21 bits per heavy atom. The number of carbonyl (C=O) groups excluding carboxylic acids is 1. The summed E-state index contributed by atoms with van der Waals surface area (Å²) in [6.45, 7) is 11.4. The molecule has 0 radical (unpaired) electrons. The molecule has 0 saturated carbocycles. The minimum Gasteiger partial charge on any atom is -0.428 e. The molecule has 0 aliphatic rings. The lowest BCUT2D eigenvalue weighted by atomic mass is 10.1. The molecule has 0 aliphatic heterocycles. The maximum Gasteiger partial charge on any atom is 0.509 e. The number of ether oxygens (including phenoxy) is 2. The first kappa shape index (κ1) is 13.3. The fourth-order valence-electron chi connectivity index (χ4n) is 0.616. The average molecular weight is 202 g/mol. The molecule has 0 atom stereocenters. The van der Waals surface area contributed by atoms with Gasteiger partial charge in [-0.15, -0.1) is 0 Å². The Morgan fingerprint density at radius 1 is 0.929 bits per heavy atom. The van der Waals surface area contributed by atoms with Crippen molar-refractivity contribution in [2.24, 2.45) is 0 Å². The van der Waals surface area contributed by atoms with Crippen molar-refractivity contribution in [2.75, 3.05) is 0 Å². The van der Waals surface area contributed by atoms with Crippen LogP contribution in [-0.4, -0.2) is 17.4 Å². The van der Waals surface area contributed by atoms with E-state index in [9.17, 15) is 4.79 Å². The van der Waals surface area contributed by atoms with Gasteiger partial charge in [0.1, 0.15) is 11.2 Å². The second kappa shape index (κ2) is 4.67. The van der Waals surface area contributed by atoms with Gasteiger partial charge in [-0.3, -0.25) is 0 Å². The fourth-order valence-corrected chi connectivity index (χ4v) is 0.616. The minimum absolute atomic E-state index is 0.444. The predicted octanol–water partition coefficient (Wildman–Crippen LogP) is 3.52. The van der Waals surface area contributed by atoms with Crippen molar-refractivity contribution in [3.05, 3.63) is 0 Å². The Labute approximate surface area is 86.8 Å². The maximum absolute atomic E-state index is 11.3. The van der Waals surface area contributed by atoms with Gasteiger partial charge in [0.05, 0.1) is 0 Å². The molecule has 0 spiro atoms. The molecule has 0 unspecified atom stereocenters. The summed E-state index contributed by atoms with van der Waals surface area (Å²) < 4.78 is 10.3. The van der Waals surface area contributed by atoms with E-state index in [2.05, 4.69) is 0 Å². The number of hydrogen-bond acceptors (Lipinski definition) is 3. The highest BCUT2D eigenvalue weighted by Gasteiger charge is 2.26. The Kier molecular flexibility index (Phi) is 4.43. The molecule has 3 heteroatoms. The Morgan fingerprint density at radius 3 is 1.43 bits per heavy atom. The number of carbonyl (C=O) groups is 1. The van der Waals surface area contributed by atoms with E-state index in [1.54, 1.807) is 0 Å². The molecule has 0 aliphatic carbocycles. The maximum atomic E-state index is 11.3. The summed E-state index contributed by atoms with van der Waals surface area (Å²) in [6.07, 6.45) is 0.965. The molecule has 0 heterocycles. The van der Waals surface area contributed by atoms with Gasteiger partial charge in [-0.05, 0) is 40.5 Å². The highest BCUT2D eigenvalue weighted by Crippen LogP contribution is 2.19. The van der Waals surface area contributed by atoms with E-state index in [4.69, 9.17) is 9.47 Å². The van der Waals surface area contributed by atoms with Gasteiger partial charge in [-0.1, -0.05) is 13.8 Å². The Bertz CT molecular complexity index is 175. The average Bonchev–Trinajstić information content (AvgIpc) is 2.02. The quantitative estimate of drug-likeness (QED) is 0.654. The van der Waals surface area contributed by atoms with E-state index < -0.39 is 17.4 Å². The van der Waals surface area contributed by atoms with Gasteiger partial charge in [-0.2, -0.15) is 0 Å². The predicted molar refractivity (Wildman–Crippen MR) is 56.3 cm³/mol. The highest BCUT2D eigenvalue weighted by molar-refractivity contribution is 5.61. The van der Waals surface area contributed by atoms with Gasteiger partial charge < -0.3 is 9.47 Å². The molecular weight excluding hydrogens is 180 g/mol. The van der Waals surface area contributed by atoms with Crippen LogP contribution in [0.1, 0.15) is 54.4 Å². The zero-order valence-electron chi connectivity index (χ0n) is 10.1. The minimum atomic E-state index is -0.580. The van der Waals surface area contributed by atoms with E-state index >= 15 is 0 Å². The van der Waals surface area contributed by atoms with Crippen molar-refractivity contribution in [1.82, 2.24) is 0 Å². The summed E-state index contributed by atoms with van der Waals surface area (Å²) >= 11 is 0. The lowest BCUT2D eigenvalue weighted by molar-refractivity contribution is -0.0607. The zero-order valence-corrected chi connectivity index (χ0v) is 10.1.